The van der Waals surface area contributed by atoms with Crippen LogP contribution in [-0.2, 0) is 9.53 Å². The molecule has 152 valence electrons. The van der Waals surface area contributed by atoms with Crippen LogP contribution in [0.15, 0.2) is 36.9 Å². The number of aromatic amines is 1. The molecule has 9 nitrogen and oxygen atoms in total. The van der Waals surface area contributed by atoms with Crippen LogP contribution in [0.4, 0.5) is 5.82 Å². The van der Waals surface area contributed by atoms with Crippen molar-refractivity contribution in [3.05, 3.63) is 47.5 Å². The van der Waals surface area contributed by atoms with Crippen LogP contribution in [0.1, 0.15) is 18.1 Å². The van der Waals surface area contributed by atoms with Crippen LogP contribution >= 0.6 is 11.6 Å². The number of H-pyrrole nitrogens is 1. The number of benzene rings is 1. The Labute approximate surface area is 172 Å². The molecule has 4 heterocycles. The summed E-state index contributed by atoms with van der Waals surface area (Å²) in [6, 6.07) is 8.71. The second kappa shape index (κ2) is 8.73. The molecule has 0 bridgehead atoms. The van der Waals surface area contributed by atoms with Gasteiger partial charge in [-0.25, -0.2) is 15.0 Å². The van der Waals surface area contributed by atoms with E-state index in [2.05, 4.69) is 42.3 Å². The highest BCUT2D eigenvalue weighted by Gasteiger charge is 2.38. The fourth-order valence-corrected chi connectivity index (χ4v) is 4.05. The molecule has 5 rings (SSSR count). The molecule has 2 aliphatic rings. The summed E-state index contributed by atoms with van der Waals surface area (Å²) in [5, 5.41) is 11.2. The van der Waals surface area contributed by atoms with Crippen LogP contribution in [0.2, 0.25) is 5.02 Å². The summed E-state index contributed by atoms with van der Waals surface area (Å²) in [7, 11) is 0. The highest BCUT2D eigenvalue weighted by atomic mass is 35.5. The maximum absolute atomic E-state index is 8.36. The van der Waals surface area contributed by atoms with Crippen molar-refractivity contribution in [1.29, 1.82) is 0 Å². The number of nitrogens with zero attached hydrogens (tertiary/aromatic N) is 4. The number of carboxylic acid groups (broad SMARTS) is 1. The highest BCUT2D eigenvalue weighted by molar-refractivity contribution is 6.30. The van der Waals surface area contributed by atoms with Crippen molar-refractivity contribution in [1.82, 2.24) is 24.8 Å². The first-order chi connectivity index (χ1) is 14.2. The van der Waals surface area contributed by atoms with Crippen molar-refractivity contribution in [3.63, 3.8) is 0 Å². The molecule has 29 heavy (non-hydrogen) atoms. The Balaban J connectivity index is 0.000000645. The maximum atomic E-state index is 8.36. The van der Waals surface area contributed by atoms with E-state index in [4.69, 9.17) is 26.2 Å². The van der Waals surface area contributed by atoms with E-state index in [1.807, 2.05) is 12.1 Å². The number of imidazole rings is 1. The molecular formula is C19H21ClN6O3. The number of hydrogen-bond donors (Lipinski definition) is 3. The van der Waals surface area contributed by atoms with E-state index < -0.39 is 0 Å². The van der Waals surface area contributed by atoms with Gasteiger partial charge in [0.15, 0.2) is 11.5 Å². The van der Waals surface area contributed by atoms with E-state index in [-0.39, 0.29) is 12.6 Å². The summed E-state index contributed by atoms with van der Waals surface area (Å²) in [6.45, 7) is 2.36. The topological polar surface area (TPSA) is 116 Å². The van der Waals surface area contributed by atoms with E-state index in [1.54, 1.807) is 12.7 Å². The predicted molar refractivity (Wildman–Crippen MR) is 108 cm³/mol. The molecule has 2 fully saturated rings. The fourth-order valence-electron chi connectivity index (χ4n) is 3.93. The van der Waals surface area contributed by atoms with E-state index in [9.17, 15) is 0 Å². The van der Waals surface area contributed by atoms with Crippen molar-refractivity contribution < 1.29 is 14.6 Å². The maximum Gasteiger partial charge on any atom is 0.290 e. The van der Waals surface area contributed by atoms with Gasteiger partial charge in [0.1, 0.15) is 11.8 Å². The number of rotatable bonds is 3. The van der Waals surface area contributed by atoms with Crippen molar-refractivity contribution in [2.75, 3.05) is 25.0 Å². The lowest BCUT2D eigenvalue weighted by Crippen LogP contribution is -2.42. The number of anilines is 1. The molecule has 0 spiro atoms. The average molecular weight is 417 g/mol. The Morgan fingerprint density at radius 1 is 1.24 bits per heavy atom. The van der Waals surface area contributed by atoms with Gasteiger partial charge in [0, 0.05) is 30.2 Å². The molecule has 2 aromatic heterocycles. The molecule has 0 radical (unpaired) electrons. The number of halogens is 1. The third kappa shape index (κ3) is 4.31. The lowest BCUT2D eigenvalue weighted by molar-refractivity contribution is -0.122. The van der Waals surface area contributed by atoms with Gasteiger partial charge in [0.2, 0.25) is 0 Å². The van der Waals surface area contributed by atoms with Crippen LogP contribution < -0.4 is 5.32 Å². The van der Waals surface area contributed by atoms with E-state index in [0.717, 1.165) is 42.5 Å². The summed E-state index contributed by atoms with van der Waals surface area (Å²) >= 11 is 5.99. The number of ether oxygens (including phenoxy) is 1. The highest BCUT2D eigenvalue weighted by Crippen LogP contribution is 2.32. The molecule has 2 saturated heterocycles. The Hall–Kier alpha value is -2.75. The molecule has 3 N–H and O–H groups in total. The van der Waals surface area contributed by atoms with Gasteiger partial charge < -0.3 is 20.1 Å². The Morgan fingerprint density at radius 2 is 2.03 bits per heavy atom. The minimum atomic E-state index is -0.250. The minimum Gasteiger partial charge on any atom is -0.483 e. The quantitative estimate of drug-likeness (QED) is 0.557. The average Bonchev–Trinajstić information content (AvgIpc) is 3.35. The number of carbonyl (C=O) groups is 1. The Morgan fingerprint density at radius 3 is 2.83 bits per heavy atom. The molecule has 0 unspecified atom stereocenters. The first-order valence-electron chi connectivity index (χ1n) is 9.27. The summed E-state index contributed by atoms with van der Waals surface area (Å²) in [5.74, 6) is 0.813. The Bertz CT molecular complexity index is 966. The second-order valence-corrected chi connectivity index (χ2v) is 7.42. The third-order valence-corrected chi connectivity index (χ3v) is 5.48. The molecule has 1 aromatic carbocycles. The van der Waals surface area contributed by atoms with Crippen LogP contribution in [0.3, 0.4) is 0 Å². The first kappa shape index (κ1) is 19.6. The van der Waals surface area contributed by atoms with E-state index >= 15 is 0 Å². The van der Waals surface area contributed by atoms with Gasteiger partial charge in [0.05, 0.1) is 19.0 Å². The van der Waals surface area contributed by atoms with Crippen LogP contribution in [0.5, 0.6) is 0 Å². The Kier molecular flexibility index (Phi) is 5.89. The number of fused-ring (bicyclic) bond motifs is 2. The van der Waals surface area contributed by atoms with Crippen molar-refractivity contribution >= 4 is 35.1 Å². The minimum absolute atomic E-state index is 0.0978. The largest absolute Gasteiger partial charge is 0.483 e. The van der Waals surface area contributed by atoms with Gasteiger partial charge >= 0.3 is 0 Å². The zero-order valence-electron chi connectivity index (χ0n) is 15.5. The molecule has 0 amide bonds. The van der Waals surface area contributed by atoms with E-state index in [1.165, 1.54) is 5.56 Å². The third-order valence-electron chi connectivity index (χ3n) is 5.22. The smallest absolute Gasteiger partial charge is 0.290 e. The van der Waals surface area contributed by atoms with Crippen LogP contribution in [0.25, 0.3) is 11.2 Å². The monoisotopic (exact) mass is 416 g/mol. The molecule has 0 aliphatic carbocycles. The first-order valence-corrected chi connectivity index (χ1v) is 9.65. The summed E-state index contributed by atoms with van der Waals surface area (Å²) in [4.78, 5) is 26.7. The van der Waals surface area contributed by atoms with Crippen LogP contribution in [-0.4, -0.2) is 68.2 Å². The number of morpholine rings is 1. The van der Waals surface area contributed by atoms with E-state index in [0.29, 0.717) is 17.7 Å². The van der Waals surface area contributed by atoms with Gasteiger partial charge in [-0.2, -0.15) is 0 Å². The fraction of sp³-hybridized carbons (Fsp3) is 0.368. The zero-order chi connectivity index (χ0) is 20.2. The molecule has 2 aliphatic heterocycles. The lowest BCUT2D eigenvalue weighted by Gasteiger charge is -2.35. The molecular weight excluding hydrogens is 396 g/mol. The van der Waals surface area contributed by atoms with Gasteiger partial charge in [0.25, 0.3) is 6.47 Å². The molecule has 3 aromatic rings. The number of aromatic nitrogens is 4. The molecule has 0 saturated carbocycles. The summed E-state index contributed by atoms with van der Waals surface area (Å²) in [6.07, 6.45) is 4.33. The predicted octanol–water partition coefficient (Wildman–Crippen LogP) is 2.33. The lowest BCUT2D eigenvalue weighted by atomic mass is 10.1. The van der Waals surface area contributed by atoms with Gasteiger partial charge in [-0.3, -0.25) is 9.69 Å². The normalized spacial score (nSPS) is 23.8. The van der Waals surface area contributed by atoms with Gasteiger partial charge in [-0.1, -0.05) is 23.7 Å². The number of nitrogens with one attached hydrogen (secondary N) is 2. The molecule has 3 atom stereocenters. The summed E-state index contributed by atoms with van der Waals surface area (Å²) in [5.41, 5.74) is 2.72. The summed E-state index contributed by atoms with van der Waals surface area (Å²) < 4.78 is 6.12. The van der Waals surface area contributed by atoms with Crippen molar-refractivity contribution in [2.45, 2.75) is 24.6 Å². The van der Waals surface area contributed by atoms with Crippen molar-refractivity contribution in [3.8, 4) is 0 Å². The molecule has 10 heteroatoms. The SMILES string of the molecule is Clc1ccc([C@H]2CN3C[C@H](Nc4ncnc5nc[nH]c45)C[C@H]3CO2)cc1.O=CO. The van der Waals surface area contributed by atoms with Crippen molar-refractivity contribution in [2.24, 2.45) is 0 Å². The number of hydrogen-bond acceptors (Lipinski definition) is 7. The zero-order valence-corrected chi connectivity index (χ0v) is 16.3. The van der Waals surface area contributed by atoms with Gasteiger partial charge in [-0.15, -0.1) is 0 Å². The second-order valence-electron chi connectivity index (χ2n) is 6.99. The van der Waals surface area contributed by atoms with Gasteiger partial charge in [-0.05, 0) is 24.1 Å². The van der Waals surface area contributed by atoms with Crippen LogP contribution in [0, 0.1) is 0 Å². The standard InChI is InChI=1S/C18H19ClN6O.CH2O2/c19-12-3-1-11(2-4-12)15-7-25-6-13(5-14(25)8-26-15)24-18-16-17(21-9-20-16)22-10-23-18;2-1-3/h1-4,9-10,13-15H,5-8H2,(H2,20,21,22,23,24);1H,(H,2,3)/t13-,14+,15-;/m1./s1.